The van der Waals surface area contributed by atoms with Crippen LogP contribution < -0.4 is 0 Å². The maximum atomic E-state index is 13.0. The SMILES string of the molecule is CCCC/C=C\CCCCCCCOCC(COC(=O)CCCCCCC/C=C\CCCC)(COC(=O)CCCCCCC/C=C\CCCC)C[N+](C)(C)C. The van der Waals surface area contributed by atoms with Crippen molar-refractivity contribution in [3.63, 3.8) is 0 Å². The Morgan fingerprint density at radius 3 is 1.13 bits per heavy atom. The summed E-state index contributed by atoms with van der Waals surface area (Å²) >= 11 is 0. The van der Waals surface area contributed by atoms with Crippen LogP contribution in [0.5, 0.6) is 0 Å². The quantitative estimate of drug-likeness (QED) is 0.0268. The van der Waals surface area contributed by atoms with E-state index in [1.54, 1.807) is 0 Å². The van der Waals surface area contributed by atoms with Crippen molar-refractivity contribution in [1.82, 2.24) is 0 Å². The fourth-order valence-electron chi connectivity index (χ4n) is 6.96. The molecule has 0 aromatic rings. The number of nitrogens with zero attached hydrogens (tertiary/aromatic N) is 1. The van der Waals surface area contributed by atoms with Crippen LogP contribution >= 0.6 is 0 Å². The standard InChI is InChI=1S/C49H92NO5/c1-7-10-13-16-19-22-25-28-31-34-37-40-47(51)54-45-49(43-50(4,5)6,44-53-42-39-36-33-30-27-24-21-18-15-12-9-3)46-55-48(52)41-38-35-32-29-26-23-20-17-14-11-8-2/h16-21H,7-15,22-46H2,1-6H3/q+1/b19-16-,20-17-,21-18-. The molecule has 0 bridgehead atoms. The fourth-order valence-corrected chi connectivity index (χ4v) is 6.96. The van der Waals surface area contributed by atoms with E-state index in [1.165, 1.54) is 109 Å². The van der Waals surface area contributed by atoms with Crippen LogP contribution in [0.25, 0.3) is 0 Å². The minimum absolute atomic E-state index is 0.160. The van der Waals surface area contributed by atoms with Gasteiger partial charge in [-0.3, -0.25) is 9.59 Å². The number of hydrogen-bond acceptors (Lipinski definition) is 5. The summed E-state index contributed by atoms with van der Waals surface area (Å²) < 4.78 is 18.9. The van der Waals surface area contributed by atoms with Gasteiger partial charge in [0.05, 0.1) is 34.3 Å². The molecule has 0 radical (unpaired) electrons. The molecule has 0 N–H and O–H groups in total. The summed E-state index contributed by atoms with van der Waals surface area (Å²) in [4.78, 5) is 26.0. The summed E-state index contributed by atoms with van der Waals surface area (Å²) in [6.07, 6.45) is 46.3. The first kappa shape index (κ1) is 53.1. The Morgan fingerprint density at radius 2 is 0.764 bits per heavy atom. The number of esters is 2. The number of allylic oxidation sites excluding steroid dienone is 6. The second-order valence-electron chi connectivity index (χ2n) is 17.3. The third kappa shape index (κ3) is 38.7. The van der Waals surface area contributed by atoms with Crippen LogP contribution in [0.1, 0.15) is 207 Å². The van der Waals surface area contributed by atoms with Gasteiger partial charge in [-0.1, -0.05) is 154 Å². The molecule has 0 unspecified atom stereocenters. The van der Waals surface area contributed by atoms with Gasteiger partial charge in [0.25, 0.3) is 0 Å². The van der Waals surface area contributed by atoms with Crippen molar-refractivity contribution >= 4 is 11.9 Å². The van der Waals surface area contributed by atoms with E-state index in [1.807, 2.05) is 0 Å². The maximum absolute atomic E-state index is 13.0. The van der Waals surface area contributed by atoms with Crippen molar-refractivity contribution < 1.29 is 28.3 Å². The molecular formula is C49H92NO5+. The molecule has 0 amide bonds. The van der Waals surface area contributed by atoms with Crippen LogP contribution in [0, 0.1) is 5.41 Å². The van der Waals surface area contributed by atoms with Gasteiger partial charge in [0.2, 0.25) is 0 Å². The van der Waals surface area contributed by atoms with Gasteiger partial charge in [0, 0.05) is 19.4 Å². The number of rotatable bonds is 41. The minimum atomic E-state index is -0.594. The molecule has 0 aromatic heterocycles. The highest BCUT2D eigenvalue weighted by Crippen LogP contribution is 2.25. The number of quaternary nitrogens is 1. The van der Waals surface area contributed by atoms with E-state index in [-0.39, 0.29) is 25.2 Å². The van der Waals surface area contributed by atoms with Gasteiger partial charge in [-0.25, -0.2) is 0 Å². The summed E-state index contributed by atoms with van der Waals surface area (Å²) in [6, 6.07) is 0. The Hall–Kier alpha value is -1.92. The van der Waals surface area contributed by atoms with Crippen LogP contribution in [0.4, 0.5) is 0 Å². The highest BCUT2D eigenvalue weighted by atomic mass is 16.6. The molecule has 0 heterocycles. The zero-order valence-corrected chi connectivity index (χ0v) is 37.5. The van der Waals surface area contributed by atoms with E-state index in [9.17, 15) is 9.59 Å². The topological polar surface area (TPSA) is 61.8 Å². The van der Waals surface area contributed by atoms with E-state index in [0.717, 1.165) is 64.2 Å². The third-order valence-electron chi connectivity index (χ3n) is 10.1. The number of carbonyl (C=O) groups excluding carboxylic acids is 2. The van der Waals surface area contributed by atoms with Gasteiger partial charge >= 0.3 is 11.9 Å². The van der Waals surface area contributed by atoms with Gasteiger partial charge in [-0.05, 0) is 77.0 Å². The third-order valence-corrected chi connectivity index (χ3v) is 10.1. The second kappa shape index (κ2) is 38.9. The summed E-state index contributed by atoms with van der Waals surface area (Å²) in [7, 11) is 6.41. The molecule has 0 aliphatic rings. The molecule has 0 saturated carbocycles. The molecule has 6 nitrogen and oxygen atoms in total. The van der Waals surface area contributed by atoms with Crippen LogP contribution in [-0.4, -0.2) is 70.5 Å². The lowest BCUT2D eigenvalue weighted by Gasteiger charge is -2.38. The first-order chi connectivity index (χ1) is 26.7. The normalized spacial score (nSPS) is 12.5. The summed E-state index contributed by atoms with van der Waals surface area (Å²) in [6.45, 7) is 8.87. The van der Waals surface area contributed by atoms with Crippen LogP contribution in [0.3, 0.4) is 0 Å². The van der Waals surface area contributed by atoms with E-state index in [4.69, 9.17) is 14.2 Å². The molecular weight excluding hydrogens is 683 g/mol. The Bertz CT molecular complexity index is 901. The van der Waals surface area contributed by atoms with Gasteiger partial charge in [0.15, 0.2) is 0 Å². The Morgan fingerprint density at radius 1 is 0.436 bits per heavy atom. The molecule has 0 aliphatic heterocycles. The van der Waals surface area contributed by atoms with Crippen molar-refractivity contribution in [2.24, 2.45) is 5.41 Å². The highest BCUT2D eigenvalue weighted by molar-refractivity contribution is 5.69. The first-order valence-corrected chi connectivity index (χ1v) is 23.3. The molecule has 322 valence electrons. The van der Waals surface area contributed by atoms with E-state index >= 15 is 0 Å². The van der Waals surface area contributed by atoms with Crippen molar-refractivity contribution in [3.05, 3.63) is 36.5 Å². The van der Waals surface area contributed by atoms with Crippen molar-refractivity contribution in [2.45, 2.75) is 207 Å². The smallest absolute Gasteiger partial charge is 0.305 e. The predicted octanol–water partition coefficient (Wildman–Crippen LogP) is 13.8. The Labute approximate surface area is 342 Å². The molecule has 6 heteroatoms. The molecule has 0 rings (SSSR count). The zero-order valence-electron chi connectivity index (χ0n) is 37.5. The highest BCUT2D eigenvalue weighted by Gasteiger charge is 2.40. The molecule has 0 saturated heterocycles. The zero-order chi connectivity index (χ0) is 40.6. The fraction of sp³-hybridized carbons (Fsp3) is 0.837. The second-order valence-corrected chi connectivity index (χ2v) is 17.3. The monoisotopic (exact) mass is 775 g/mol. The largest absolute Gasteiger partial charge is 0.465 e. The average molecular weight is 775 g/mol. The lowest BCUT2D eigenvalue weighted by atomic mass is 9.89. The molecule has 0 atom stereocenters. The summed E-state index contributed by atoms with van der Waals surface area (Å²) in [5.74, 6) is -0.319. The van der Waals surface area contributed by atoms with E-state index in [0.29, 0.717) is 37.1 Å². The van der Waals surface area contributed by atoms with Crippen molar-refractivity contribution in [1.29, 1.82) is 0 Å². The van der Waals surface area contributed by atoms with Crippen LogP contribution in [0.2, 0.25) is 0 Å². The molecule has 0 spiro atoms. The lowest BCUT2D eigenvalue weighted by Crippen LogP contribution is -2.52. The number of carbonyl (C=O) groups is 2. The molecule has 0 aromatic carbocycles. The van der Waals surface area contributed by atoms with Gasteiger partial charge < -0.3 is 18.7 Å². The lowest BCUT2D eigenvalue weighted by molar-refractivity contribution is -0.877. The van der Waals surface area contributed by atoms with Crippen molar-refractivity contribution in [2.75, 3.05) is 54.1 Å². The Kier molecular flexibility index (Phi) is 37.6. The predicted molar refractivity (Wildman–Crippen MR) is 236 cm³/mol. The number of unbranched alkanes of at least 4 members (excludes halogenated alkanes) is 21. The first-order valence-electron chi connectivity index (χ1n) is 23.3. The molecule has 0 aliphatic carbocycles. The van der Waals surface area contributed by atoms with Gasteiger partial charge in [0.1, 0.15) is 18.6 Å². The van der Waals surface area contributed by atoms with E-state index < -0.39 is 5.41 Å². The molecule has 55 heavy (non-hydrogen) atoms. The molecule has 0 fully saturated rings. The Balaban J connectivity index is 4.93. The summed E-state index contributed by atoms with van der Waals surface area (Å²) in [5, 5.41) is 0. The summed E-state index contributed by atoms with van der Waals surface area (Å²) in [5.41, 5.74) is -0.594. The van der Waals surface area contributed by atoms with Crippen LogP contribution in [-0.2, 0) is 23.8 Å². The van der Waals surface area contributed by atoms with Gasteiger partial charge in [-0.2, -0.15) is 0 Å². The number of ether oxygens (including phenoxy) is 3. The maximum Gasteiger partial charge on any atom is 0.305 e. The van der Waals surface area contributed by atoms with Gasteiger partial charge in [-0.15, -0.1) is 0 Å². The number of hydrogen-bond donors (Lipinski definition) is 0. The average Bonchev–Trinajstić information content (AvgIpc) is 3.15. The van der Waals surface area contributed by atoms with E-state index in [2.05, 4.69) is 78.4 Å². The van der Waals surface area contributed by atoms with Crippen molar-refractivity contribution in [3.8, 4) is 0 Å². The van der Waals surface area contributed by atoms with Crippen LogP contribution in [0.15, 0.2) is 36.5 Å². The minimum Gasteiger partial charge on any atom is -0.465 e.